The number of hydrogen-bond acceptors (Lipinski definition) is 14. The first-order chi connectivity index (χ1) is 29.0. The van der Waals surface area contributed by atoms with Gasteiger partial charge in [0.05, 0.1) is 49.3 Å². The lowest BCUT2D eigenvalue weighted by Crippen LogP contribution is -2.58. The third-order valence-electron chi connectivity index (χ3n) is 14.0. The molecule has 4 fully saturated rings. The molecule has 7 aliphatic rings. The molecule has 6 heterocycles. The van der Waals surface area contributed by atoms with Crippen LogP contribution in [0.2, 0.25) is 0 Å². The number of allylic oxidation sites excluding steroid dienone is 2. The predicted molar refractivity (Wildman–Crippen MR) is 223 cm³/mol. The maximum Gasteiger partial charge on any atom is 0.316 e. The maximum absolute atomic E-state index is 14.3. The molecule has 0 radical (unpaired) electrons. The Morgan fingerprint density at radius 3 is 2.28 bits per heavy atom. The Balaban J connectivity index is 1.18. The first-order valence-corrected chi connectivity index (χ1v) is 22.3. The van der Waals surface area contributed by atoms with Gasteiger partial charge in [-0.05, 0) is 62.8 Å². The van der Waals surface area contributed by atoms with Crippen LogP contribution in [0.15, 0.2) is 59.3 Å². The molecule has 2 bridgehead atoms. The largest absolute Gasteiger partial charge is 0.462 e. The number of esters is 1. The van der Waals surface area contributed by atoms with E-state index in [2.05, 4.69) is 39.8 Å². The molecule has 7 rings (SSSR count). The van der Waals surface area contributed by atoms with E-state index in [9.17, 15) is 20.1 Å². The van der Waals surface area contributed by atoms with Crippen LogP contribution < -0.4 is 0 Å². The van der Waals surface area contributed by atoms with E-state index in [4.69, 9.17) is 47.4 Å². The van der Waals surface area contributed by atoms with Gasteiger partial charge in [0.25, 0.3) is 0 Å². The summed E-state index contributed by atoms with van der Waals surface area (Å²) in [4.78, 5) is 14.3. The smallest absolute Gasteiger partial charge is 0.316 e. The molecule has 0 aromatic heterocycles. The Morgan fingerprint density at radius 2 is 1.56 bits per heavy atom. The van der Waals surface area contributed by atoms with Crippen molar-refractivity contribution in [3.8, 4) is 0 Å². The van der Waals surface area contributed by atoms with Gasteiger partial charge in [-0.15, -0.1) is 0 Å². The summed E-state index contributed by atoms with van der Waals surface area (Å²) < 4.78 is 63.5. The highest BCUT2D eigenvalue weighted by atomic mass is 16.7. The Bertz CT molecular complexity index is 1710. The maximum atomic E-state index is 14.3. The van der Waals surface area contributed by atoms with Crippen LogP contribution >= 0.6 is 0 Å². The fourth-order valence-electron chi connectivity index (χ4n) is 10.4. The summed E-state index contributed by atoms with van der Waals surface area (Å²) in [7, 11) is 3.22. The van der Waals surface area contributed by atoms with Gasteiger partial charge in [0.1, 0.15) is 42.0 Å². The highest BCUT2D eigenvalue weighted by Gasteiger charge is 2.60. The monoisotopic (exact) mass is 858 g/mol. The van der Waals surface area contributed by atoms with E-state index in [0.717, 1.165) is 5.57 Å². The average molecular weight is 859 g/mol. The summed E-state index contributed by atoms with van der Waals surface area (Å²) in [5.41, 5.74) is 0.129. The molecule has 0 aromatic carbocycles. The van der Waals surface area contributed by atoms with Gasteiger partial charge in [-0.2, -0.15) is 0 Å². The highest BCUT2D eigenvalue weighted by molar-refractivity contribution is 5.78. The van der Waals surface area contributed by atoms with Crippen LogP contribution in [0.3, 0.4) is 0 Å². The molecule has 14 heteroatoms. The zero-order valence-electron chi connectivity index (χ0n) is 37.5. The summed E-state index contributed by atoms with van der Waals surface area (Å²) in [5.74, 6) is -2.62. The van der Waals surface area contributed by atoms with E-state index in [1.54, 1.807) is 40.2 Å². The molecule has 6 aliphatic heterocycles. The topological polar surface area (TPSA) is 170 Å². The first-order valence-electron chi connectivity index (χ1n) is 22.3. The van der Waals surface area contributed by atoms with Crippen molar-refractivity contribution in [2.75, 3.05) is 20.8 Å². The lowest BCUT2D eigenvalue weighted by molar-refractivity contribution is -0.318. The number of ether oxygens (including phenoxy) is 10. The molecule has 0 aromatic rings. The molecule has 1 aliphatic carbocycles. The normalized spacial score (nSPS) is 47.9. The molecule has 342 valence electrons. The molecular weight excluding hydrogens is 789 g/mol. The summed E-state index contributed by atoms with van der Waals surface area (Å²) in [6.07, 6.45) is 7.54. The fraction of sp³-hybridized carbons (Fsp3) is 0.766. The predicted octanol–water partition coefficient (Wildman–Crippen LogP) is 4.99. The Hall–Kier alpha value is -2.31. The standard InChI is InChI=1S/C47H70O14/c1-24(2)41-27(5)16-17-46(61-41)22-33-19-32(60-46)15-14-26(4)42(25(3)12-11-13-31-23-54-44-39(48)28(6)18-34(45(50)57-33)47(31,44)51)58-38-21-36(53-10)43(30(8)56-38)59-37-20-35(52-9)40(49)29(7)55-37/h11-14,16-18,24-25,27,29-30,32-44,48-49,51H,15,19-23H2,1-10H3/b12-11?,26-14+,31-13?/t25-,27-,29-,30-,32+,33-,34-,35-,36-,37-,38-,39+,40-,41+,42-,43-,44+,46+,47+/m0/s1. The molecular formula is C47H70O14. The minimum Gasteiger partial charge on any atom is -0.462 e. The van der Waals surface area contributed by atoms with Crippen LogP contribution in [-0.4, -0.2) is 139 Å². The number of aliphatic hydroxyl groups is 3. The summed E-state index contributed by atoms with van der Waals surface area (Å²) in [6, 6.07) is 0. The highest BCUT2D eigenvalue weighted by Crippen LogP contribution is 2.47. The van der Waals surface area contributed by atoms with Crippen molar-refractivity contribution in [1.29, 1.82) is 0 Å². The van der Waals surface area contributed by atoms with Crippen LogP contribution in [0.25, 0.3) is 0 Å². The van der Waals surface area contributed by atoms with Crippen LogP contribution in [0.4, 0.5) is 0 Å². The molecule has 1 spiro atoms. The van der Waals surface area contributed by atoms with Crippen molar-refractivity contribution in [2.45, 2.75) is 185 Å². The van der Waals surface area contributed by atoms with Crippen LogP contribution in [-0.2, 0) is 52.2 Å². The number of hydrogen-bond donors (Lipinski definition) is 3. The number of aliphatic hydroxyl groups excluding tert-OH is 2. The Morgan fingerprint density at radius 1 is 0.852 bits per heavy atom. The molecule has 3 N–H and O–H groups in total. The number of rotatable bonds is 7. The van der Waals surface area contributed by atoms with Gasteiger partial charge in [-0.25, -0.2) is 0 Å². The van der Waals surface area contributed by atoms with E-state index >= 15 is 0 Å². The van der Waals surface area contributed by atoms with Gasteiger partial charge in [0.15, 0.2) is 18.4 Å². The number of carbonyl (C=O) groups excluding carboxylic acids is 1. The van der Waals surface area contributed by atoms with Gasteiger partial charge in [-0.1, -0.05) is 64.2 Å². The zero-order valence-corrected chi connectivity index (χ0v) is 37.5. The van der Waals surface area contributed by atoms with Gasteiger partial charge in [0.2, 0.25) is 0 Å². The van der Waals surface area contributed by atoms with Crippen LogP contribution in [0.1, 0.15) is 87.5 Å². The van der Waals surface area contributed by atoms with E-state index < -0.39 is 90.8 Å². The second kappa shape index (κ2) is 19.0. The van der Waals surface area contributed by atoms with Crippen LogP contribution in [0.5, 0.6) is 0 Å². The number of fused-ring (bicyclic) bond motifs is 2. The molecule has 14 nitrogen and oxygen atoms in total. The second-order valence-corrected chi connectivity index (χ2v) is 18.8. The van der Waals surface area contributed by atoms with Gasteiger partial charge in [0, 0.05) is 51.7 Å². The molecule has 0 saturated carbocycles. The third-order valence-corrected chi connectivity index (χ3v) is 14.0. The van der Waals surface area contributed by atoms with Crippen molar-refractivity contribution in [2.24, 2.45) is 23.7 Å². The van der Waals surface area contributed by atoms with E-state index in [0.29, 0.717) is 43.3 Å². The van der Waals surface area contributed by atoms with Crippen molar-refractivity contribution in [3.05, 3.63) is 59.3 Å². The van der Waals surface area contributed by atoms with Crippen molar-refractivity contribution >= 4 is 5.97 Å². The Labute approximate surface area is 361 Å². The SMILES string of the molecule is CO[C@H]1C[C@H](O[C@H]2[C@H](C)O[C@@H](O[C@@H]3/C(C)=C/C[C@@H]4C[C@@H](C[C@]5(C=C[C@H](C)[C@@H](C(C)C)O5)O4)OC(=O)[C@@H]4C=C(C)[C@@H](O)[C@H]5OCC(=CC=C[C@@H]3C)[C@]54O)C[C@@H]2OC)O[C@@H](C)[C@@H]1O. The van der Waals surface area contributed by atoms with Gasteiger partial charge < -0.3 is 62.7 Å². The quantitative estimate of drug-likeness (QED) is 0.231. The van der Waals surface area contributed by atoms with Crippen molar-refractivity contribution in [1.82, 2.24) is 0 Å². The zero-order chi connectivity index (χ0) is 44.0. The summed E-state index contributed by atoms with van der Waals surface area (Å²) >= 11 is 0. The summed E-state index contributed by atoms with van der Waals surface area (Å²) in [6.45, 7) is 16.0. The van der Waals surface area contributed by atoms with E-state index in [1.807, 2.05) is 32.1 Å². The lowest BCUT2D eigenvalue weighted by atomic mass is 9.71. The first kappa shape index (κ1) is 46.7. The van der Waals surface area contributed by atoms with E-state index in [-0.39, 0.29) is 42.7 Å². The number of methoxy groups -OCH3 is 2. The molecule has 0 amide bonds. The molecule has 19 atom stereocenters. The van der Waals surface area contributed by atoms with Gasteiger partial charge in [-0.3, -0.25) is 4.79 Å². The van der Waals surface area contributed by atoms with Crippen molar-refractivity contribution < 1.29 is 67.5 Å². The molecule has 0 unspecified atom stereocenters. The van der Waals surface area contributed by atoms with Crippen molar-refractivity contribution in [3.63, 3.8) is 0 Å². The molecule has 4 saturated heterocycles. The second-order valence-electron chi connectivity index (χ2n) is 18.8. The minimum absolute atomic E-state index is 0.0313. The van der Waals surface area contributed by atoms with Crippen LogP contribution in [0, 0.1) is 23.7 Å². The number of carbonyl (C=O) groups is 1. The van der Waals surface area contributed by atoms with E-state index in [1.165, 1.54) is 0 Å². The Kier molecular flexibility index (Phi) is 14.6. The van der Waals surface area contributed by atoms with Gasteiger partial charge >= 0.3 is 5.97 Å². The molecule has 61 heavy (non-hydrogen) atoms. The minimum atomic E-state index is -1.83. The summed E-state index contributed by atoms with van der Waals surface area (Å²) in [5, 5.41) is 34.2. The third kappa shape index (κ3) is 9.58. The lowest BCUT2D eigenvalue weighted by Gasteiger charge is -2.48. The average Bonchev–Trinajstić information content (AvgIpc) is 3.56. The fourth-order valence-corrected chi connectivity index (χ4v) is 10.4.